The molecule has 0 amide bonds. The van der Waals surface area contributed by atoms with Crippen LogP contribution in [0.4, 0.5) is 0 Å². The molecule has 0 bridgehead atoms. The van der Waals surface area contributed by atoms with E-state index < -0.39 is 5.97 Å². The minimum Gasteiger partial charge on any atom is -0.463 e. The highest BCUT2D eigenvalue weighted by atomic mass is 16.5. The van der Waals surface area contributed by atoms with Gasteiger partial charge in [-0.15, -0.1) is 0 Å². The molecule has 6 heteroatoms. The Hall–Kier alpha value is -2.11. The number of aromatic nitrogens is 3. The van der Waals surface area contributed by atoms with Gasteiger partial charge in [-0.1, -0.05) is 20.8 Å². The Labute approximate surface area is 111 Å². The molecule has 0 saturated heterocycles. The fourth-order valence-corrected chi connectivity index (χ4v) is 1.75. The Morgan fingerprint density at radius 1 is 1.42 bits per heavy atom. The lowest BCUT2D eigenvalue weighted by atomic mass is 9.91. The Balaban J connectivity index is 2.58. The number of nitrogens with zero attached hydrogens (tertiary/aromatic N) is 3. The molecule has 0 fully saturated rings. The number of carbonyl (C=O) groups is 1. The zero-order valence-electron chi connectivity index (χ0n) is 11.7. The molecule has 0 radical (unpaired) electrons. The van der Waals surface area contributed by atoms with E-state index in [9.17, 15) is 4.79 Å². The van der Waals surface area contributed by atoms with Crippen LogP contribution >= 0.6 is 0 Å². The van der Waals surface area contributed by atoms with Crippen molar-refractivity contribution in [1.29, 1.82) is 0 Å². The number of oxazole rings is 1. The van der Waals surface area contributed by atoms with Crippen molar-refractivity contribution in [2.45, 2.75) is 26.2 Å². The van der Waals surface area contributed by atoms with Gasteiger partial charge in [0.1, 0.15) is 11.4 Å². The van der Waals surface area contributed by atoms with Crippen LogP contribution in [0.1, 0.15) is 37.0 Å². The fraction of sp³-hybridized carbons (Fsp3) is 0.462. The summed E-state index contributed by atoms with van der Waals surface area (Å²) in [6, 6.07) is 1.78. The van der Waals surface area contributed by atoms with E-state index in [2.05, 4.69) is 10.1 Å². The Morgan fingerprint density at radius 3 is 2.58 bits per heavy atom. The Morgan fingerprint density at radius 2 is 2.11 bits per heavy atom. The molecule has 102 valence electrons. The van der Waals surface area contributed by atoms with E-state index in [0.717, 1.165) is 0 Å². The lowest BCUT2D eigenvalue weighted by molar-refractivity contribution is 0.0562. The lowest BCUT2D eigenvalue weighted by Crippen LogP contribution is -2.17. The molecule has 0 unspecified atom stereocenters. The first-order valence-electron chi connectivity index (χ1n) is 5.92. The average molecular weight is 263 g/mol. The predicted octanol–water partition coefficient (Wildman–Crippen LogP) is 2.16. The smallest absolute Gasteiger partial charge is 0.376 e. The molecular weight excluding hydrogens is 246 g/mol. The van der Waals surface area contributed by atoms with Gasteiger partial charge in [-0.25, -0.2) is 9.78 Å². The predicted molar refractivity (Wildman–Crippen MR) is 68.7 cm³/mol. The van der Waals surface area contributed by atoms with Crippen molar-refractivity contribution < 1.29 is 13.9 Å². The summed E-state index contributed by atoms with van der Waals surface area (Å²) in [4.78, 5) is 16.2. The fourth-order valence-electron chi connectivity index (χ4n) is 1.75. The van der Waals surface area contributed by atoms with Crippen molar-refractivity contribution in [1.82, 2.24) is 14.8 Å². The molecule has 0 saturated carbocycles. The second-order valence-electron chi connectivity index (χ2n) is 5.28. The number of hydrogen-bond donors (Lipinski definition) is 0. The molecule has 2 rings (SSSR count). The van der Waals surface area contributed by atoms with Crippen molar-refractivity contribution in [3.05, 3.63) is 23.7 Å². The van der Waals surface area contributed by atoms with E-state index in [1.165, 1.54) is 7.11 Å². The summed E-state index contributed by atoms with van der Waals surface area (Å²) in [5, 5.41) is 4.06. The van der Waals surface area contributed by atoms with Gasteiger partial charge >= 0.3 is 5.97 Å². The maximum absolute atomic E-state index is 11.8. The van der Waals surface area contributed by atoms with Gasteiger partial charge in [-0.2, -0.15) is 5.10 Å². The van der Waals surface area contributed by atoms with Gasteiger partial charge in [0.05, 0.1) is 7.11 Å². The third-order valence-corrected chi connectivity index (χ3v) is 2.75. The molecule has 0 aromatic carbocycles. The molecule has 6 nitrogen and oxygen atoms in total. The molecule has 2 aromatic rings. The normalized spacial score (nSPS) is 11.6. The van der Waals surface area contributed by atoms with Crippen molar-refractivity contribution >= 4 is 5.97 Å². The highest BCUT2D eigenvalue weighted by Gasteiger charge is 2.30. The van der Waals surface area contributed by atoms with Crippen LogP contribution in [-0.4, -0.2) is 27.8 Å². The molecule has 2 heterocycles. The van der Waals surface area contributed by atoms with Crippen molar-refractivity contribution in [2.24, 2.45) is 7.05 Å². The van der Waals surface area contributed by atoms with E-state index in [1.54, 1.807) is 24.0 Å². The van der Waals surface area contributed by atoms with Crippen molar-refractivity contribution in [3.63, 3.8) is 0 Å². The molecule has 19 heavy (non-hydrogen) atoms. The molecule has 0 aliphatic rings. The molecule has 0 aliphatic heterocycles. The van der Waals surface area contributed by atoms with Crippen LogP contribution < -0.4 is 0 Å². The van der Waals surface area contributed by atoms with Gasteiger partial charge in [0.2, 0.25) is 11.7 Å². The summed E-state index contributed by atoms with van der Waals surface area (Å²) >= 11 is 0. The Bertz CT molecular complexity index is 605. The first-order chi connectivity index (χ1) is 8.84. The van der Waals surface area contributed by atoms with Crippen LogP contribution in [0.2, 0.25) is 0 Å². The average Bonchev–Trinajstić information content (AvgIpc) is 2.92. The highest BCUT2D eigenvalue weighted by Crippen LogP contribution is 2.30. The topological polar surface area (TPSA) is 70.2 Å². The van der Waals surface area contributed by atoms with Crippen LogP contribution in [0.25, 0.3) is 11.6 Å². The van der Waals surface area contributed by atoms with Gasteiger partial charge in [0.25, 0.3) is 0 Å². The van der Waals surface area contributed by atoms with Crippen LogP contribution in [-0.2, 0) is 17.2 Å². The maximum Gasteiger partial charge on any atom is 0.376 e. The zero-order chi connectivity index (χ0) is 14.2. The molecular formula is C13H17N3O3. The van der Waals surface area contributed by atoms with E-state index in [0.29, 0.717) is 17.3 Å². The summed E-state index contributed by atoms with van der Waals surface area (Å²) in [5.41, 5.74) is 0.973. The van der Waals surface area contributed by atoms with Crippen LogP contribution in [0, 0.1) is 0 Å². The second-order valence-corrected chi connectivity index (χ2v) is 5.28. The number of esters is 1. The van der Waals surface area contributed by atoms with E-state index >= 15 is 0 Å². The molecule has 2 aromatic heterocycles. The maximum atomic E-state index is 11.8. The number of aryl methyl sites for hydroxylation is 1. The summed E-state index contributed by atoms with van der Waals surface area (Å²) in [6.45, 7) is 5.89. The molecule has 0 N–H and O–H groups in total. The van der Waals surface area contributed by atoms with Crippen LogP contribution in [0.3, 0.4) is 0 Å². The quantitative estimate of drug-likeness (QED) is 0.776. The SMILES string of the molecule is COC(=O)c1oc(-c2ccnn2C)nc1C(C)(C)C. The van der Waals surface area contributed by atoms with E-state index in [4.69, 9.17) is 9.15 Å². The number of carbonyl (C=O) groups excluding carboxylic acids is 1. The van der Waals surface area contributed by atoms with Crippen molar-refractivity contribution in [2.75, 3.05) is 7.11 Å². The van der Waals surface area contributed by atoms with Gasteiger partial charge < -0.3 is 9.15 Å². The first kappa shape index (κ1) is 13.3. The lowest BCUT2D eigenvalue weighted by Gasteiger charge is -2.15. The number of methoxy groups -OCH3 is 1. The number of rotatable bonds is 2. The number of hydrogen-bond acceptors (Lipinski definition) is 5. The second kappa shape index (κ2) is 4.53. The van der Waals surface area contributed by atoms with Gasteiger partial charge in [0, 0.05) is 18.7 Å². The first-order valence-corrected chi connectivity index (χ1v) is 5.92. The third kappa shape index (κ3) is 2.38. The van der Waals surface area contributed by atoms with Crippen molar-refractivity contribution in [3.8, 4) is 11.6 Å². The molecule has 0 atom stereocenters. The largest absolute Gasteiger partial charge is 0.463 e. The summed E-state index contributed by atoms with van der Waals surface area (Å²) in [5.74, 6) is -0.0117. The summed E-state index contributed by atoms with van der Waals surface area (Å²) in [7, 11) is 3.11. The van der Waals surface area contributed by atoms with Gasteiger partial charge in [-0.05, 0) is 6.07 Å². The minimum atomic E-state index is -0.522. The van der Waals surface area contributed by atoms with Gasteiger partial charge in [-0.3, -0.25) is 4.68 Å². The van der Waals surface area contributed by atoms with E-state index in [-0.39, 0.29) is 11.2 Å². The summed E-state index contributed by atoms with van der Waals surface area (Å²) < 4.78 is 11.9. The monoisotopic (exact) mass is 263 g/mol. The van der Waals surface area contributed by atoms with Crippen LogP contribution in [0.15, 0.2) is 16.7 Å². The highest BCUT2D eigenvalue weighted by molar-refractivity contribution is 5.88. The van der Waals surface area contributed by atoms with Gasteiger partial charge in [0.15, 0.2) is 0 Å². The Kier molecular flexibility index (Phi) is 3.18. The van der Waals surface area contributed by atoms with Crippen LogP contribution in [0.5, 0.6) is 0 Å². The summed E-state index contributed by atoms with van der Waals surface area (Å²) in [6.07, 6.45) is 1.65. The van der Waals surface area contributed by atoms with E-state index in [1.807, 2.05) is 20.8 Å². The number of ether oxygens (including phenoxy) is 1. The molecule has 0 aliphatic carbocycles. The minimum absolute atomic E-state index is 0.145. The standard InChI is InChI=1S/C13H17N3O3/c1-13(2,3)10-9(12(17)18-5)19-11(15-10)8-6-7-14-16(8)4/h6-7H,1-5H3. The molecule has 0 spiro atoms. The zero-order valence-corrected chi connectivity index (χ0v) is 11.7. The third-order valence-electron chi connectivity index (χ3n) is 2.75.